The number of phenols is 1. The van der Waals surface area contributed by atoms with Crippen LogP contribution in [0.15, 0.2) is 18.2 Å². The van der Waals surface area contributed by atoms with Gasteiger partial charge in [0.1, 0.15) is 18.1 Å². The molecule has 0 aromatic heterocycles. The van der Waals surface area contributed by atoms with E-state index in [1.165, 1.54) is 32.1 Å². The molecule has 3 rings (SSSR count). The lowest BCUT2D eigenvalue weighted by Gasteiger charge is -2.23. The van der Waals surface area contributed by atoms with Crippen molar-refractivity contribution in [2.24, 2.45) is 0 Å². The maximum Gasteiger partial charge on any atom is 0.123 e. The fourth-order valence-corrected chi connectivity index (χ4v) is 3.40. The average molecular weight is 262 g/mol. The van der Waals surface area contributed by atoms with Gasteiger partial charge in [0.05, 0.1) is 11.7 Å². The van der Waals surface area contributed by atoms with Gasteiger partial charge in [-0.3, -0.25) is 0 Å². The second-order valence-electron chi connectivity index (χ2n) is 5.98. The molecule has 1 aliphatic heterocycles. The van der Waals surface area contributed by atoms with Gasteiger partial charge in [0.2, 0.25) is 0 Å². The summed E-state index contributed by atoms with van der Waals surface area (Å²) >= 11 is 0. The fourth-order valence-electron chi connectivity index (χ4n) is 3.40. The van der Waals surface area contributed by atoms with Gasteiger partial charge >= 0.3 is 0 Å². The van der Waals surface area contributed by atoms with Crippen LogP contribution in [0.1, 0.15) is 44.1 Å². The quantitative estimate of drug-likeness (QED) is 0.905. The third kappa shape index (κ3) is 2.86. The first-order chi connectivity index (χ1) is 9.15. The maximum atomic E-state index is 9.54. The zero-order valence-electron chi connectivity index (χ0n) is 11.5. The Hall–Kier alpha value is -1.22. The van der Waals surface area contributed by atoms with Crippen molar-refractivity contribution in [3.63, 3.8) is 0 Å². The molecule has 104 valence electrons. The van der Waals surface area contributed by atoms with Crippen LogP contribution in [-0.4, -0.2) is 23.4 Å². The number of hydrogen-bond acceptors (Lipinski definition) is 3. The van der Waals surface area contributed by atoms with Crippen molar-refractivity contribution in [3.8, 4) is 11.5 Å². The molecule has 1 heterocycles. The molecule has 1 spiro atoms. The van der Waals surface area contributed by atoms with Crippen molar-refractivity contribution in [1.82, 2.24) is 0 Å². The summed E-state index contributed by atoms with van der Waals surface area (Å²) in [6.07, 6.45) is 7.53. The minimum Gasteiger partial charge on any atom is -0.508 e. The summed E-state index contributed by atoms with van der Waals surface area (Å²) in [5.41, 5.74) is 1.18. The van der Waals surface area contributed by atoms with Crippen molar-refractivity contribution < 1.29 is 14.6 Å². The van der Waals surface area contributed by atoms with Crippen LogP contribution in [-0.2, 0) is 4.74 Å². The largest absolute Gasteiger partial charge is 0.508 e. The predicted molar refractivity (Wildman–Crippen MR) is 73.6 cm³/mol. The molecular weight excluding hydrogens is 240 g/mol. The summed E-state index contributed by atoms with van der Waals surface area (Å²) < 4.78 is 12.0. The van der Waals surface area contributed by atoms with Gasteiger partial charge in [-0.2, -0.15) is 0 Å². The lowest BCUT2D eigenvalue weighted by Crippen LogP contribution is -2.27. The summed E-state index contributed by atoms with van der Waals surface area (Å²) in [5.74, 6) is 0.989. The summed E-state index contributed by atoms with van der Waals surface area (Å²) in [7, 11) is 0. The Morgan fingerprint density at radius 1 is 1.26 bits per heavy atom. The van der Waals surface area contributed by atoms with Gasteiger partial charge < -0.3 is 14.6 Å². The van der Waals surface area contributed by atoms with Crippen LogP contribution in [0, 0.1) is 6.92 Å². The second kappa shape index (κ2) is 5.04. The van der Waals surface area contributed by atoms with Crippen LogP contribution in [0.25, 0.3) is 0 Å². The topological polar surface area (TPSA) is 38.7 Å². The molecule has 0 radical (unpaired) electrons. The molecular formula is C16H22O3. The third-order valence-corrected chi connectivity index (χ3v) is 4.32. The highest BCUT2D eigenvalue weighted by Crippen LogP contribution is 2.43. The highest BCUT2D eigenvalue weighted by atomic mass is 16.6. The summed E-state index contributed by atoms with van der Waals surface area (Å²) in [6.45, 7) is 2.54. The van der Waals surface area contributed by atoms with E-state index in [-0.39, 0.29) is 17.5 Å². The molecule has 1 unspecified atom stereocenters. The van der Waals surface area contributed by atoms with E-state index in [1.807, 2.05) is 13.0 Å². The average Bonchev–Trinajstić information content (AvgIpc) is 2.97. The van der Waals surface area contributed by atoms with Crippen LogP contribution in [0.3, 0.4) is 0 Å². The van der Waals surface area contributed by atoms with Crippen molar-refractivity contribution in [3.05, 3.63) is 23.8 Å². The van der Waals surface area contributed by atoms with Gasteiger partial charge in [0.25, 0.3) is 0 Å². The first-order valence-electron chi connectivity index (χ1n) is 7.27. The molecule has 3 nitrogen and oxygen atoms in total. The lowest BCUT2D eigenvalue weighted by molar-refractivity contribution is -0.0509. The number of hydrogen-bond donors (Lipinski definition) is 1. The Balaban J connectivity index is 1.55. The maximum absolute atomic E-state index is 9.54. The number of ether oxygens (including phenoxy) is 2. The molecule has 3 heteroatoms. The second-order valence-corrected chi connectivity index (χ2v) is 5.98. The van der Waals surface area contributed by atoms with Crippen molar-refractivity contribution in [2.45, 2.75) is 57.2 Å². The smallest absolute Gasteiger partial charge is 0.123 e. The number of rotatable bonds is 3. The monoisotopic (exact) mass is 262 g/mol. The van der Waals surface area contributed by atoms with Crippen molar-refractivity contribution in [1.29, 1.82) is 0 Å². The van der Waals surface area contributed by atoms with Crippen LogP contribution in [0.5, 0.6) is 11.5 Å². The highest BCUT2D eigenvalue weighted by molar-refractivity contribution is 5.36. The molecule has 2 aliphatic rings. The number of aryl methyl sites for hydroxylation is 1. The van der Waals surface area contributed by atoms with Crippen molar-refractivity contribution >= 4 is 0 Å². The van der Waals surface area contributed by atoms with Crippen LogP contribution >= 0.6 is 0 Å². The fraction of sp³-hybridized carbons (Fsp3) is 0.625. The molecule has 1 saturated carbocycles. The van der Waals surface area contributed by atoms with E-state index in [1.54, 1.807) is 12.1 Å². The van der Waals surface area contributed by atoms with Crippen LogP contribution < -0.4 is 4.74 Å². The van der Waals surface area contributed by atoms with Gasteiger partial charge in [-0.15, -0.1) is 0 Å². The Morgan fingerprint density at radius 2 is 2.05 bits per heavy atom. The summed E-state index contributed by atoms with van der Waals surface area (Å²) in [5, 5.41) is 9.54. The Bertz CT molecular complexity index is 429. The molecule has 0 bridgehead atoms. The van der Waals surface area contributed by atoms with E-state index in [0.717, 1.165) is 17.7 Å². The zero-order chi connectivity index (χ0) is 13.3. The summed E-state index contributed by atoms with van der Waals surface area (Å²) in [6, 6.07) is 5.33. The predicted octanol–water partition coefficient (Wildman–Crippen LogP) is 3.57. The zero-order valence-corrected chi connectivity index (χ0v) is 11.5. The minimum absolute atomic E-state index is 0.169. The van der Waals surface area contributed by atoms with Gasteiger partial charge in [0, 0.05) is 6.07 Å². The molecule has 1 aromatic carbocycles. The van der Waals surface area contributed by atoms with E-state index >= 15 is 0 Å². The molecule has 2 fully saturated rings. The van der Waals surface area contributed by atoms with E-state index in [0.29, 0.717) is 6.61 Å². The first-order valence-corrected chi connectivity index (χ1v) is 7.27. The number of phenolic OH excluding ortho intramolecular Hbond substituents is 1. The molecule has 1 saturated heterocycles. The Kier molecular flexibility index (Phi) is 3.40. The first kappa shape index (κ1) is 12.8. The SMILES string of the molecule is Cc1cc(O)cc(OCC2CCC3(CCCC3)O2)c1. The van der Waals surface area contributed by atoms with E-state index in [2.05, 4.69) is 0 Å². The van der Waals surface area contributed by atoms with E-state index in [4.69, 9.17) is 9.47 Å². The van der Waals surface area contributed by atoms with Crippen LogP contribution in [0.2, 0.25) is 0 Å². The van der Waals surface area contributed by atoms with Gasteiger partial charge in [-0.05, 0) is 50.3 Å². The lowest BCUT2D eigenvalue weighted by atomic mass is 9.98. The van der Waals surface area contributed by atoms with Gasteiger partial charge in [0.15, 0.2) is 0 Å². The summed E-state index contributed by atoms with van der Waals surface area (Å²) in [4.78, 5) is 0. The molecule has 1 N–H and O–H groups in total. The Labute approximate surface area is 114 Å². The van der Waals surface area contributed by atoms with Crippen molar-refractivity contribution in [2.75, 3.05) is 6.61 Å². The molecule has 1 aromatic rings. The standard InChI is InChI=1S/C16H22O3/c1-12-8-13(17)10-15(9-12)18-11-14-4-7-16(19-14)5-2-3-6-16/h8-10,14,17H,2-7,11H2,1H3. The van der Waals surface area contributed by atoms with E-state index < -0.39 is 0 Å². The number of benzene rings is 1. The normalized spacial score (nSPS) is 25.0. The molecule has 19 heavy (non-hydrogen) atoms. The third-order valence-electron chi connectivity index (χ3n) is 4.32. The number of aromatic hydroxyl groups is 1. The van der Waals surface area contributed by atoms with Gasteiger partial charge in [-0.1, -0.05) is 12.8 Å². The highest BCUT2D eigenvalue weighted by Gasteiger charge is 2.42. The van der Waals surface area contributed by atoms with E-state index in [9.17, 15) is 5.11 Å². The van der Waals surface area contributed by atoms with Gasteiger partial charge in [-0.25, -0.2) is 0 Å². The van der Waals surface area contributed by atoms with Crippen LogP contribution in [0.4, 0.5) is 0 Å². The molecule has 1 aliphatic carbocycles. The molecule has 1 atom stereocenters. The Morgan fingerprint density at radius 3 is 2.79 bits per heavy atom. The molecule has 0 amide bonds. The minimum atomic E-state index is 0.169.